The van der Waals surface area contributed by atoms with E-state index in [4.69, 9.17) is 0 Å². The van der Waals surface area contributed by atoms with E-state index in [2.05, 4.69) is 24.3 Å². The van der Waals surface area contributed by atoms with Gasteiger partial charge >= 0.3 is 0 Å². The first-order chi connectivity index (χ1) is 10.2. The van der Waals surface area contributed by atoms with Crippen LogP contribution in [-0.2, 0) is 0 Å². The maximum absolute atomic E-state index is 3.51. The fraction of sp³-hybridized carbons (Fsp3) is 1.00. The lowest BCUT2D eigenvalue weighted by atomic mass is 9.79. The van der Waals surface area contributed by atoms with E-state index in [-0.39, 0.29) is 0 Å². The van der Waals surface area contributed by atoms with Gasteiger partial charge in [-0.1, -0.05) is 32.1 Å². The van der Waals surface area contributed by atoms with E-state index in [0.717, 1.165) is 17.8 Å². The second kappa shape index (κ2) is 7.00. The fourth-order valence-electron chi connectivity index (χ4n) is 5.88. The molecule has 3 saturated carbocycles. The molecular formula is C19H36N2. The quantitative estimate of drug-likeness (QED) is 0.747. The highest BCUT2D eigenvalue weighted by molar-refractivity contribution is 4.92. The summed E-state index contributed by atoms with van der Waals surface area (Å²) in [6, 6.07) is 0. The average molecular weight is 293 g/mol. The molecule has 2 bridgehead atoms. The molecule has 3 unspecified atom stereocenters. The van der Waals surface area contributed by atoms with Gasteiger partial charge in [0.1, 0.15) is 0 Å². The number of hydrogen-bond donors (Lipinski definition) is 1. The summed E-state index contributed by atoms with van der Waals surface area (Å²) < 4.78 is 0. The summed E-state index contributed by atoms with van der Waals surface area (Å²) >= 11 is 0. The Morgan fingerprint density at radius 2 is 1.81 bits per heavy atom. The lowest BCUT2D eigenvalue weighted by Gasteiger charge is -2.38. The minimum absolute atomic E-state index is 0.553. The molecule has 0 aromatic rings. The minimum atomic E-state index is 0.553. The van der Waals surface area contributed by atoms with Crippen molar-refractivity contribution in [2.24, 2.45) is 23.2 Å². The van der Waals surface area contributed by atoms with E-state index in [0.29, 0.717) is 5.41 Å². The molecule has 3 aliphatic rings. The van der Waals surface area contributed by atoms with Crippen molar-refractivity contribution in [1.82, 2.24) is 10.2 Å². The third kappa shape index (κ3) is 3.82. The molecule has 2 heteroatoms. The van der Waals surface area contributed by atoms with Crippen LogP contribution in [0.5, 0.6) is 0 Å². The van der Waals surface area contributed by atoms with E-state index < -0.39 is 0 Å². The maximum atomic E-state index is 3.51. The molecule has 0 saturated heterocycles. The van der Waals surface area contributed by atoms with Gasteiger partial charge in [-0.15, -0.1) is 0 Å². The first kappa shape index (κ1) is 15.8. The normalized spacial score (nSPS) is 35.3. The van der Waals surface area contributed by atoms with Crippen LogP contribution in [0.1, 0.15) is 64.2 Å². The van der Waals surface area contributed by atoms with Crippen molar-refractivity contribution in [3.8, 4) is 0 Å². The minimum Gasteiger partial charge on any atom is -0.319 e. The Morgan fingerprint density at radius 1 is 1.05 bits per heavy atom. The van der Waals surface area contributed by atoms with Crippen LogP contribution >= 0.6 is 0 Å². The summed E-state index contributed by atoms with van der Waals surface area (Å²) in [5.41, 5.74) is 0.553. The average Bonchev–Trinajstić information content (AvgIpc) is 2.98. The van der Waals surface area contributed by atoms with Gasteiger partial charge in [0.15, 0.2) is 0 Å². The summed E-state index contributed by atoms with van der Waals surface area (Å²) in [6.45, 7) is 3.91. The van der Waals surface area contributed by atoms with Crippen molar-refractivity contribution in [3.63, 3.8) is 0 Å². The number of nitrogens with zero attached hydrogens (tertiary/aromatic N) is 1. The van der Waals surface area contributed by atoms with Gasteiger partial charge in [0.25, 0.3) is 0 Å². The molecule has 0 aliphatic heterocycles. The molecule has 1 N–H and O–H groups in total. The van der Waals surface area contributed by atoms with Crippen molar-refractivity contribution >= 4 is 0 Å². The Morgan fingerprint density at radius 3 is 2.38 bits per heavy atom. The third-order valence-electron chi connectivity index (χ3n) is 6.75. The Bertz CT molecular complexity index is 320. The standard InChI is InChI=1S/C19H36N2/c1-20-14-19(9-5-3-4-6-10-19)15-21(2)13-18-12-16-7-8-17(18)11-16/h16-18,20H,3-15H2,1-2H3. The van der Waals surface area contributed by atoms with E-state index in [1.165, 1.54) is 77.4 Å². The van der Waals surface area contributed by atoms with Crippen LogP contribution in [0.25, 0.3) is 0 Å². The monoisotopic (exact) mass is 292 g/mol. The second-order valence-corrected chi connectivity index (χ2v) is 8.58. The molecule has 122 valence electrons. The van der Waals surface area contributed by atoms with Crippen LogP contribution < -0.4 is 5.32 Å². The smallest absolute Gasteiger partial charge is 0.00472 e. The van der Waals surface area contributed by atoms with Gasteiger partial charge in [-0.2, -0.15) is 0 Å². The number of rotatable bonds is 6. The van der Waals surface area contributed by atoms with Crippen molar-refractivity contribution in [2.45, 2.75) is 64.2 Å². The summed E-state index contributed by atoms with van der Waals surface area (Å²) in [7, 11) is 4.54. The Kier molecular flexibility index (Phi) is 5.27. The van der Waals surface area contributed by atoms with Crippen LogP contribution in [0.15, 0.2) is 0 Å². The van der Waals surface area contributed by atoms with E-state index >= 15 is 0 Å². The highest BCUT2D eigenvalue weighted by Crippen LogP contribution is 2.48. The zero-order chi connectivity index (χ0) is 14.7. The van der Waals surface area contributed by atoms with Gasteiger partial charge in [-0.05, 0) is 69.4 Å². The maximum Gasteiger partial charge on any atom is 0.00472 e. The molecule has 0 spiro atoms. The summed E-state index contributed by atoms with van der Waals surface area (Å²) in [6.07, 6.45) is 14.9. The van der Waals surface area contributed by atoms with Crippen LogP contribution in [0, 0.1) is 23.2 Å². The zero-order valence-corrected chi connectivity index (χ0v) is 14.4. The second-order valence-electron chi connectivity index (χ2n) is 8.58. The van der Waals surface area contributed by atoms with Gasteiger partial charge in [-0.3, -0.25) is 0 Å². The first-order valence-corrected chi connectivity index (χ1v) is 9.54. The largest absolute Gasteiger partial charge is 0.319 e. The molecule has 2 nitrogen and oxygen atoms in total. The van der Waals surface area contributed by atoms with E-state index in [1.807, 2.05) is 0 Å². The van der Waals surface area contributed by atoms with E-state index in [1.54, 1.807) is 6.42 Å². The van der Waals surface area contributed by atoms with Crippen LogP contribution in [0.4, 0.5) is 0 Å². The Labute approximate surface area is 132 Å². The van der Waals surface area contributed by atoms with Crippen molar-refractivity contribution < 1.29 is 0 Å². The van der Waals surface area contributed by atoms with Crippen molar-refractivity contribution in [3.05, 3.63) is 0 Å². The molecule has 21 heavy (non-hydrogen) atoms. The molecule has 0 heterocycles. The van der Waals surface area contributed by atoms with Gasteiger partial charge < -0.3 is 10.2 Å². The number of hydrogen-bond acceptors (Lipinski definition) is 2. The van der Waals surface area contributed by atoms with E-state index in [9.17, 15) is 0 Å². The highest BCUT2D eigenvalue weighted by atomic mass is 15.1. The molecule has 0 radical (unpaired) electrons. The molecule has 0 aromatic heterocycles. The predicted octanol–water partition coefficient (Wildman–Crippen LogP) is 3.91. The van der Waals surface area contributed by atoms with Crippen molar-refractivity contribution in [1.29, 1.82) is 0 Å². The Balaban J connectivity index is 1.54. The molecular weight excluding hydrogens is 256 g/mol. The molecule has 3 rings (SSSR count). The molecule has 0 amide bonds. The third-order valence-corrected chi connectivity index (χ3v) is 6.75. The first-order valence-electron chi connectivity index (χ1n) is 9.54. The van der Waals surface area contributed by atoms with Crippen LogP contribution in [-0.4, -0.2) is 38.6 Å². The zero-order valence-electron chi connectivity index (χ0n) is 14.4. The SMILES string of the molecule is CNCC1(CN(C)CC2CC3CCC2C3)CCCCCC1. The summed E-state index contributed by atoms with van der Waals surface area (Å²) in [5, 5.41) is 3.51. The van der Waals surface area contributed by atoms with Crippen LogP contribution in [0.2, 0.25) is 0 Å². The molecule has 3 aliphatic carbocycles. The summed E-state index contributed by atoms with van der Waals surface area (Å²) in [4.78, 5) is 2.70. The predicted molar refractivity (Wildman–Crippen MR) is 90.5 cm³/mol. The lowest BCUT2D eigenvalue weighted by molar-refractivity contribution is 0.123. The highest BCUT2D eigenvalue weighted by Gasteiger charge is 2.40. The molecule has 3 fully saturated rings. The molecule has 0 aromatic carbocycles. The topological polar surface area (TPSA) is 15.3 Å². The lowest BCUT2D eigenvalue weighted by Crippen LogP contribution is -2.43. The summed E-state index contributed by atoms with van der Waals surface area (Å²) in [5.74, 6) is 3.19. The number of nitrogens with one attached hydrogen (secondary N) is 1. The van der Waals surface area contributed by atoms with Gasteiger partial charge in [-0.25, -0.2) is 0 Å². The fourth-order valence-corrected chi connectivity index (χ4v) is 5.88. The van der Waals surface area contributed by atoms with Gasteiger partial charge in [0.05, 0.1) is 0 Å². The van der Waals surface area contributed by atoms with Crippen LogP contribution in [0.3, 0.4) is 0 Å². The Hall–Kier alpha value is -0.0800. The molecule has 3 atom stereocenters. The van der Waals surface area contributed by atoms with Crippen molar-refractivity contribution in [2.75, 3.05) is 33.7 Å². The number of fused-ring (bicyclic) bond motifs is 2. The van der Waals surface area contributed by atoms with Gasteiger partial charge in [0.2, 0.25) is 0 Å². The van der Waals surface area contributed by atoms with Gasteiger partial charge in [0, 0.05) is 19.6 Å².